The highest BCUT2D eigenvalue weighted by atomic mass is 16.4. The zero-order valence-corrected chi connectivity index (χ0v) is 9.47. The molecular weight excluding hydrogens is 196 g/mol. The third-order valence-electron chi connectivity index (χ3n) is 1.74. The molecule has 2 atom stereocenters. The maximum absolute atomic E-state index is 10.2. The topological polar surface area (TPSA) is 77.8 Å². The van der Waals surface area contributed by atoms with Crippen LogP contribution in [0.5, 0.6) is 0 Å². The molecule has 0 heterocycles. The molecule has 15 heavy (non-hydrogen) atoms. The van der Waals surface area contributed by atoms with E-state index in [-0.39, 0.29) is 18.3 Å². The summed E-state index contributed by atoms with van der Waals surface area (Å²) >= 11 is 0. The van der Waals surface area contributed by atoms with Crippen LogP contribution in [0, 0.1) is 5.41 Å². The average molecular weight is 216 g/mol. The van der Waals surface area contributed by atoms with Gasteiger partial charge >= 0.3 is 5.97 Å². The van der Waals surface area contributed by atoms with Crippen molar-refractivity contribution in [2.24, 2.45) is 5.41 Å². The fourth-order valence-electron chi connectivity index (χ4n) is 1.04. The zero-order valence-electron chi connectivity index (χ0n) is 9.47. The van der Waals surface area contributed by atoms with E-state index >= 15 is 0 Å². The molecule has 4 nitrogen and oxygen atoms in total. The number of rotatable bonds is 5. The highest BCUT2D eigenvalue weighted by Gasteiger charge is 2.14. The first-order valence-corrected chi connectivity index (χ1v) is 4.98. The highest BCUT2D eigenvalue weighted by molar-refractivity contribution is 5.67. The van der Waals surface area contributed by atoms with E-state index in [9.17, 15) is 15.0 Å². The predicted octanol–water partition coefficient (Wildman–Crippen LogP) is 1.18. The number of aliphatic hydroxyl groups excluding tert-OH is 2. The van der Waals surface area contributed by atoms with Crippen LogP contribution in [-0.4, -0.2) is 33.5 Å². The van der Waals surface area contributed by atoms with E-state index in [2.05, 4.69) is 0 Å². The third kappa shape index (κ3) is 9.43. The van der Waals surface area contributed by atoms with Crippen molar-refractivity contribution in [3.8, 4) is 0 Å². The molecule has 0 aromatic carbocycles. The van der Waals surface area contributed by atoms with Crippen molar-refractivity contribution in [1.82, 2.24) is 0 Å². The first kappa shape index (κ1) is 14.1. The summed E-state index contributed by atoms with van der Waals surface area (Å²) in [6, 6.07) is 0. The van der Waals surface area contributed by atoms with E-state index in [1.54, 1.807) is 6.08 Å². The van der Waals surface area contributed by atoms with Crippen molar-refractivity contribution < 1.29 is 20.1 Å². The summed E-state index contributed by atoms with van der Waals surface area (Å²) in [5.74, 6) is -1.06. The molecule has 0 bridgehead atoms. The van der Waals surface area contributed by atoms with Crippen LogP contribution in [0.1, 0.15) is 33.6 Å². The number of allylic oxidation sites excluding steroid dienone is 1. The third-order valence-corrected chi connectivity index (χ3v) is 1.74. The van der Waals surface area contributed by atoms with Crippen LogP contribution in [0.4, 0.5) is 0 Å². The minimum absolute atomic E-state index is 0.0290. The molecule has 0 aromatic heterocycles. The molecule has 0 spiro atoms. The lowest BCUT2D eigenvalue weighted by molar-refractivity contribution is -0.139. The number of hydrogen-bond acceptors (Lipinski definition) is 3. The standard InChI is InChI=1S/C11H20O4/c1-11(2,3)5-4-8(12)6-9(13)7-10(14)15/h4-5,8-9,12-13H,6-7H2,1-3H3,(H,14,15)/b5-4+. The first-order valence-electron chi connectivity index (χ1n) is 4.98. The molecule has 0 saturated carbocycles. The van der Waals surface area contributed by atoms with E-state index in [0.717, 1.165) is 0 Å². The van der Waals surface area contributed by atoms with Crippen LogP contribution < -0.4 is 0 Å². The Kier molecular flexibility index (Phi) is 5.54. The lowest BCUT2D eigenvalue weighted by Crippen LogP contribution is -2.19. The summed E-state index contributed by atoms with van der Waals surface area (Å²) in [6.07, 6.45) is 1.36. The van der Waals surface area contributed by atoms with Crippen molar-refractivity contribution in [2.45, 2.75) is 45.8 Å². The number of aliphatic carboxylic acids is 1. The minimum atomic E-state index is -1.06. The number of carbonyl (C=O) groups is 1. The van der Waals surface area contributed by atoms with Gasteiger partial charge in [0.1, 0.15) is 0 Å². The van der Waals surface area contributed by atoms with Gasteiger partial charge in [0.05, 0.1) is 18.6 Å². The zero-order chi connectivity index (χ0) is 12.1. The Balaban J connectivity index is 3.98. The summed E-state index contributed by atoms with van der Waals surface area (Å²) in [5.41, 5.74) is -0.0290. The van der Waals surface area contributed by atoms with Crippen molar-refractivity contribution >= 4 is 5.97 Å². The maximum Gasteiger partial charge on any atom is 0.305 e. The molecule has 0 rings (SSSR count). The minimum Gasteiger partial charge on any atom is -0.481 e. The largest absolute Gasteiger partial charge is 0.481 e. The van der Waals surface area contributed by atoms with Gasteiger partial charge in [0, 0.05) is 6.42 Å². The molecule has 3 N–H and O–H groups in total. The summed E-state index contributed by atoms with van der Waals surface area (Å²) in [6.45, 7) is 5.97. The Morgan fingerprint density at radius 3 is 2.27 bits per heavy atom. The average Bonchev–Trinajstić information content (AvgIpc) is 1.97. The molecular formula is C11H20O4. The normalized spacial score (nSPS) is 16.6. The molecule has 0 aliphatic heterocycles. The molecule has 0 amide bonds. The van der Waals surface area contributed by atoms with Crippen LogP contribution in [0.2, 0.25) is 0 Å². The van der Waals surface area contributed by atoms with E-state index in [1.165, 1.54) is 0 Å². The predicted molar refractivity (Wildman–Crippen MR) is 57.5 cm³/mol. The molecule has 0 fully saturated rings. The fourth-order valence-corrected chi connectivity index (χ4v) is 1.04. The second-order valence-corrected chi connectivity index (χ2v) is 4.78. The SMILES string of the molecule is CC(C)(C)/C=C/C(O)CC(O)CC(=O)O. The van der Waals surface area contributed by atoms with Crippen LogP contribution >= 0.6 is 0 Å². The first-order chi connectivity index (χ1) is 6.70. The van der Waals surface area contributed by atoms with Gasteiger partial charge in [-0.25, -0.2) is 0 Å². The van der Waals surface area contributed by atoms with Crippen molar-refractivity contribution in [3.05, 3.63) is 12.2 Å². The number of hydrogen-bond donors (Lipinski definition) is 3. The molecule has 4 heteroatoms. The second-order valence-electron chi connectivity index (χ2n) is 4.78. The van der Waals surface area contributed by atoms with Crippen LogP contribution in [0.3, 0.4) is 0 Å². The smallest absolute Gasteiger partial charge is 0.305 e. The summed E-state index contributed by atoms with van der Waals surface area (Å²) in [4.78, 5) is 10.2. The molecule has 2 unspecified atom stereocenters. The van der Waals surface area contributed by atoms with Crippen molar-refractivity contribution in [2.75, 3.05) is 0 Å². The van der Waals surface area contributed by atoms with Crippen molar-refractivity contribution in [3.63, 3.8) is 0 Å². The number of aliphatic hydroxyl groups is 2. The maximum atomic E-state index is 10.2. The molecule has 0 saturated heterocycles. The molecule has 0 aromatic rings. The summed E-state index contributed by atoms with van der Waals surface area (Å²) < 4.78 is 0. The molecule has 0 radical (unpaired) electrons. The van der Waals surface area contributed by atoms with Gasteiger partial charge < -0.3 is 15.3 Å². The Morgan fingerprint density at radius 2 is 1.87 bits per heavy atom. The van der Waals surface area contributed by atoms with Crippen LogP contribution in [-0.2, 0) is 4.79 Å². The lowest BCUT2D eigenvalue weighted by atomic mass is 9.95. The van der Waals surface area contributed by atoms with Crippen molar-refractivity contribution in [1.29, 1.82) is 0 Å². The second kappa shape index (κ2) is 5.88. The van der Waals surface area contributed by atoms with Gasteiger partial charge in [0.15, 0.2) is 0 Å². The molecule has 0 aliphatic carbocycles. The van der Waals surface area contributed by atoms with E-state index in [4.69, 9.17) is 5.11 Å². The highest BCUT2D eigenvalue weighted by Crippen LogP contribution is 2.15. The lowest BCUT2D eigenvalue weighted by Gasteiger charge is -2.14. The van der Waals surface area contributed by atoms with Crippen LogP contribution in [0.15, 0.2) is 12.2 Å². The quantitative estimate of drug-likeness (QED) is 0.603. The number of carboxylic acids is 1. The van der Waals surface area contributed by atoms with E-state index in [0.29, 0.717) is 0 Å². The van der Waals surface area contributed by atoms with Crippen LogP contribution in [0.25, 0.3) is 0 Å². The Bertz CT molecular complexity index is 227. The van der Waals surface area contributed by atoms with Gasteiger partial charge in [-0.3, -0.25) is 4.79 Å². The van der Waals surface area contributed by atoms with Gasteiger partial charge in [-0.05, 0) is 5.41 Å². The Hall–Kier alpha value is -0.870. The van der Waals surface area contributed by atoms with Gasteiger partial charge in [-0.15, -0.1) is 0 Å². The van der Waals surface area contributed by atoms with Gasteiger partial charge in [0.25, 0.3) is 0 Å². The molecule has 88 valence electrons. The summed E-state index contributed by atoms with van der Waals surface area (Å²) in [7, 11) is 0. The van der Waals surface area contributed by atoms with E-state index in [1.807, 2.05) is 26.8 Å². The van der Waals surface area contributed by atoms with Gasteiger partial charge in [-0.1, -0.05) is 32.9 Å². The summed E-state index contributed by atoms with van der Waals surface area (Å²) in [5, 5.41) is 27.1. The monoisotopic (exact) mass is 216 g/mol. The Morgan fingerprint density at radius 1 is 1.33 bits per heavy atom. The fraction of sp³-hybridized carbons (Fsp3) is 0.727. The van der Waals surface area contributed by atoms with Gasteiger partial charge in [-0.2, -0.15) is 0 Å². The Labute approximate surface area is 90.2 Å². The van der Waals surface area contributed by atoms with Gasteiger partial charge in [0.2, 0.25) is 0 Å². The number of carboxylic acid groups (broad SMARTS) is 1. The molecule has 0 aliphatic rings. The van der Waals surface area contributed by atoms with E-state index < -0.39 is 18.2 Å².